The molecule has 38 heavy (non-hydrogen) atoms. The first kappa shape index (κ1) is 26.7. The topological polar surface area (TPSA) is 76.7 Å². The number of carbonyl (C=O) groups excluding carboxylic acids is 2. The summed E-state index contributed by atoms with van der Waals surface area (Å²) in [6.07, 6.45) is 6.96. The summed E-state index contributed by atoms with van der Waals surface area (Å²) < 4.78 is 11.4. The highest BCUT2D eigenvalue weighted by Crippen LogP contribution is 2.60. The zero-order valence-corrected chi connectivity index (χ0v) is 23.2. The molecule has 4 aliphatic rings. The molecule has 0 radical (unpaired) electrons. The highest BCUT2D eigenvalue weighted by Gasteiger charge is 2.51. The van der Waals surface area contributed by atoms with Gasteiger partial charge in [-0.3, -0.25) is 4.79 Å². The molecule has 6 rings (SSSR count). The largest absolute Gasteiger partial charge is 0.444 e. The van der Waals surface area contributed by atoms with Gasteiger partial charge in [0.2, 0.25) is 5.91 Å². The number of hydrogen-bond donors (Lipinski definition) is 2. The lowest BCUT2D eigenvalue weighted by Gasteiger charge is -2.57. The van der Waals surface area contributed by atoms with Crippen molar-refractivity contribution < 1.29 is 19.1 Å². The molecule has 0 heterocycles. The van der Waals surface area contributed by atoms with Crippen LogP contribution in [0.3, 0.4) is 0 Å². The minimum absolute atomic E-state index is 0.317. The predicted molar refractivity (Wildman–Crippen MR) is 149 cm³/mol. The number of rotatable bonds is 8. The number of carbonyl (C=O) groups is 2. The normalized spacial score (nSPS) is 27.4. The van der Waals surface area contributed by atoms with Crippen LogP contribution in [0.4, 0.5) is 10.5 Å². The van der Waals surface area contributed by atoms with E-state index in [4.69, 9.17) is 9.47 Å². The van der Waals surface area contributed by atoms with Crippen LogP contribution >= 0.6 is 0 Å². The van der Waals surface area contributed by atoms with Crippen LogP contribution < -0.4 is 10.6 Å². The lowest BCUT2D eigenvalue weighted by Crippen LogP contribution is -2.52. The van der Waals surface area contributed by atoms with Crippen LogP contribution in [-0.4, -0.2) is 29.7 Å². The maximum absolute atomic E-state index is 13.4. The number of alkyl carbamates (subject to hydrolysis) is 1. The highest BCUT2D eigenvalue weighted by molar-refractivity contribution is 5.97. The van der Waals surface area contributed by atoms with E-state index in [0.29, 0.717) is 12.0 Å². The Morgan fingerprint density at radius 2 is 1.50 bits per heavy atom. The number of nitrogens with one attached hydrogen (secondary N) is 2. The van der Waals surface area contributed by atoms with Crippen molar-refractivity contribution >= 4 is 17.7 Å². The zero-order valence-electron chi connectivity index (χ0n) is 23.2. The number of benzene rings is 2. The van der Waals surface area contributed by atoms with Gasteiger partial charge in [0.25, 0.3) is 0 Å². The number of amides is 2. The van der Waals surface area contributed by atoms with Crippen molar-refractivity contribution in [1.29, 1.82) is 0 Å². The lowest BCUT2D eigenvalue weighted by molar-refractivity contribution is -0.122. The second kappa shape index (κ2) is 10.7. The molecular formula is C32H42N2O4. The fourth-order valence-electron chi connectivity index (χ4n) is 7.32. The summed E-state index contributed by atoms with van der Waals surface area (Å²) in [5.74, 6) is 2.33. The monoisotopic (exact) mass is 518 g/mol. The lowest BCUT2D eigenvalue weighted by atomic mass is 9.48. The van der Waals surface area contributed by atoms with Gasteiger partial charge in [-0.05, 0) is 113 Å². The summed E-state index contributed by atoms with van der Waals surface area (Å²) >= 11 is 0. The van der Waals surface area contributed by atoms with Crippen LogP contribution in [0, 0.1) is 17.8 Å². The average molecular weight is 519 g/mol. The van der Waals surface area contributed by atoms with Gasteiger partial charge in [0.05, 0.1) is 12.7 Å². The zero-order chi connectivity index (χ0) is 26.9. The Kier molecular flexibility index (Phi) is 7.54. The van der Waals surface area contributed by atoms with Crippen LogP contribution in [0.5, 0.6) is 0 Å². The molecule has 2 aromatic carbocycles. The molecule has 4 saturated carbocycles. The molecule has 2 aromatic rings. The first-order valence-electron chi connectivity index (χ1n) is 14.1. The van der Waals surface area contributed by atoms with Crippen LogP contribution in [0.1, 0.15) is 77.3 Å². The van der Waals surface area contributed by atoms with E-state index in [9.17, 15) is 9.59 Å². The predicted octanol–water partition coefficient (Wildman–Crippen LogP) is 6.59. The van der Waals surface area contributed by atoms with Crippen LogP contribution in [0.2, 0.25) is 0 Å². The SMILES string of the molecule is C[C@@H](OCc1ccccc1)[C@H](NC(=O)OC(C)(C)C)C(=O)Nc1ccc(C23CC4CC(CC(C4)C2)C3)cc1. The van der Waals surface area contributed by atoms with Gasteiger partial charge in [0.1, 0.15) is 11.6 Å². The van der Waals surface area contributed by atoms with E-state index in [1.165, 1.54) is 44.1 Å². The van der Waals surface area contributed by atoms with Crippen LogP contribution in [-0.2, 0) is 26.3 Å². The van der Waals surface area contributed by atoms with Crippen molar-refractivity contribution in [1.82, 2.24) is 5.32 Å². The Labute approximate surface area is 226 Å². The average Bonchev–Trinajstić information content (AvgIpc) is 2.85. The van der Waals surface area contributed by atoms with Crippen LogP contribution in [0.25, 0.3) is 0 Å². The molecule has 0 saturated heterocycles. The number of ether oxygens (including phenoxy) is 2. The minimum atomic E-state index is -0.920. The molecule has 0 unspecified atom stereocenters. The molecule has 2 amide bonds. The third-order valence-electron chi connectivity index (χ3n) is 8.58. The van der Waals surface area contributed by atoms with E-state index in [2.05, 4.69) is 22.8 Å². The Hall–Kier alpha value is -2.86. The van der Waals surface area contributed by atoms with Crippen molar-refractivity contribution in [3.8, 4) is 0 Å². The van der Waals surface area contributed by atoms with Crippen molar-refractivity contribution in [2.75, 3.05) is 5.32 Å². The Bertz CT molecular complexity index is 1090. The van der Waals surface area contributed by atoms with Gasteiger partial charge in [-0.25, -0.2) is 4.79 Å². The molecule has 4 bridgehead atoms. The Morgan fingerprint density at radius 1 is 0.921 bits per heavy atom. The van der Waals surface area contributed by atoms with Crippen molar-refractivity contribution in [2.45, 2.75) is 96.0 Å². The summed E-state index contributed by atoms with van der Waals surface area (Å²) in [4.78, 5) is 26.0. The first-order valence-corrected chi connectivity index (χ1v) is 14.1. The molecule has 0 spiro atoms. The molecule has 2 N–H and O–H groups in total. The maximum atomic E-state index is 13.4. The molecule has 0 aliphatic heterocycles. The molecule has 2 atom stereocenters. The van der Waals surface area contributed by atoms with Gasteiger partial charge in [-0.2, -0.15) is 0 Å². The van der Waals surface area contributed by atoms with E-state index in [0.717, 1.165) is 29.0 Å². The van der Waals surface area contributed by atoms with Gasteiger partial charge in [0, 0.05) is 5.69 Å². The van der Waals surface area contributed by atoms with E-state index in [1.807, 2.05) is 42.5 Å². The molecular weight excluding hydrogens is 476 g/mol. The van der Waals surface area contributed by atoms with Gasteiger partial charge in [-0.1, -0.05) is 42.5 Å². The molecule has 4 aliphatic carbocycles. The van der Waals surface area contributed by atoms with E-state index < -0.39 is 23.8 Å². The molecule has 4 fully saturated rings. The summed E-state index contributed by atoms with van der Waals surface area (Å²) in [6.45, 7) is 7.51. The Balaban J connectivity index is 1.26. The fraction of sp³-hybridized carbons (Fsp3) is 0.562. The van der Waals surface area contributed by atoms with E-state index in [-0.39, 0.29) is 5.91 Å². The Morgan fingerprint density at radius 3 is 2.05 bits per heavy atom. The smallest absolute Gasteiger partial charge is 0.408 e. The standard InChI is InChI=1S/C32H42N2O4/c1-21(37-20-22-8-6-5-7-9-22)28(34-30(36)38-31(2,3)4)29(35)33-27-12-10-26(11-13-27)32-17-23-14-24(18-32)16-25(15-23)19-32/h5-13,21,23-25,28H,14-20H2,1-4H3,(H,33,35)(H,34,36)/t21-,23?,24?,25?,28+,32?/m1/s1. The van der Waals surface area contributed by atoms with Crippen LogP contribution in [0.15, 0.2) is 54.6 Å². The number of hydrogen-bond acceptors (Lipinski definition) is 4. The fourth-order valence-corrected chi connectivity index (χ4v) is 7.32. The minimum Gasteiger partial charge on any atom is -0.444 e. The second-order valence-corrected chi connectivity index (χ2v) is 12.9. The van der Waals surface area contributed by atoms with E-state index >= 15 is 0 Å². The van der Waals surface area contributed by atoms with Crippen molar-refractivity contribution in [3.05, 3.63) is 65.7 Å². The molecule has 0 aromatic heterocycles. The molecule has 204 valence electrons. The quantitative estimate of drug-likeness (QED) is 0.413. The van der Waals surface area contributed by atoms with Gasteiger partial charge >= 0.3 is 6.09 Å². The summed E-state index contributed by atoms with van der Waals surface area (Å²) in [5.41, 5.74) is 2.77. The highest BCUT2D eigenvalue weighted by atomic mass is 16.6. The maximum Gasteiger partial charge on any atom is 0.408 e. The molecule has 6 nitrogen and oxygen atoms in total. The van der Waals surface area contributed by atoms with Gasteiger partial charge < -0.3 is 20.1 Å². The first-order chi connectivity index (χ1) is 18.1. The van der Waals surface area contributed by atoms with Gasteiger partial charge in [0.15, 0.2) is 0 Å². The summed E-state index contributed by atoms with van der Waals surface area (Å²) in [7, 11) is 0. The second-order valence-electron chi connectivity index (χ2n) is 12.9. The van der Waals surface area contributed by atoms with Crippen molar-refractivity contribution in [3.63, 3.8) is 0 Å². The van der Waals surface area contributed by atoms with E-state index in [1.54, 1.807) is 27.7 Å². The van der Waals surface area contributed by atoms with Gasteiger partial charge in [-0.15, -0.1) is 0 Å². The summed E-state index contributed by atoms with van der Waals surface area (Å²) in [5, 5.41) is 5.73. The van der Waals surface area contributed by atoms with Crippen molar-refractivity contribution in [2.24, 2.45) is 17.8 Å². The third-order valence-corrected chi connectivity index (χ3v) is 8.58. The third kappa shape index (κ3) is 6.23. The number of anilines is 1. The summed E-state index contributed by atoms with van der Waals surface area (Å²) in [6, 6.07) is 17.3. The molecule has 6 heteroatoms.